The highest BCUT2D eigenvalue weighted by Crippen LogP contribution is 2.33. The van der Waals surface area contributed by atoms with Crippen LogP contribution in [0.15, 0.2) is 24.3 Å². The molecule has 25 heavy (non-hydrogen) atoms. The average Bonchev–Trinajstić information content (AvgIpc) is 3.08. The van der Waals surface area contributed by atoms with E-state index in [2.05, 4.69) is 17.1 Å². The maximum atomic E-state index is 12.4. The SMILES string of the molecule is CCN1CCC[C@@H]1CNC(=O)CCN1C(=O)[C@@H](C)Oc2ccccc21. The maximum Gasteiger partial charge on any atom is 0.267 e. The molecule has 0 saturated carbocycles. The smallest absolute Gasteiger partial charge is 0.267 e. The zero-order valence-electron chi connectivity index (χ0n) is 15.0. The molecule has 2 aliphatic heterocycles. The van der Waals surface area contributed by atoms with Gasteiger partial charge in [-0.25, -0.2) is 0 Å². The largest absolute Gasteiger partial charge is 0.479 e. The number of likely N-dealkylation sites (tertiary alicyclic amines) is 1. The van der Waals surface area contributed by atoms with Crippen LogP contribution in [0.2, 0.25) is 0 Å². The molecular formula is C19H27N3O3. The van der Waals surface area contributed by atoms with Crippen molar-refractivity contribution in [2.75, 3.05) is 31.1 Å². The molecule has 0 unspecified atom stereocenters. The number of hydrogen-bond donors (Lipinski definition) is 1. The Morgan fingerprint density at radius 3 is 2.96 bits per heavy atom. The van der Waals surface area contributed by atoms with Crippen LogP contribution in [0.25, 0.3) is 0 Å². The van der Waals surface area contributed by atoms with Crippen LogP contribution < -0.4 is 15.0 Å². The number of ether oxygens (including phenoxy) is 1. The van der Waals surface area contributed by atoms with E-state index in [0.717, 1.165) is 25.2 Å². The minimum Gasteiger partial charge on any atom is -0.479 e. The molecular weight excluding hydrogens is 318 g/mol. The van der Waals surface area contributed by atoms with Crippen LogP contribution in [0.1, 0.15) is 33.1 Å². The van der Waals surface area contributed by atoms with E-state index in [-0.39, 0.29) is 11.8 Å². The highest BCUT2D eigenvalue weighted by Gasteiger charge is 2.31. The lowest BCUT2D eigenvalue weighted by Crippen LogP contribution is -2.46. The highest BCUT2D eigenvalue weighted by atomic mass is 16.5. The lowest BCUT2D eigenvalue weighted by atomic mass is 10.1. The molecule has 1 aromatic rings. The van der Waals surface area contributed by atoms with E-state index >= 15 is 0 Å². The van der Waals surface area contributed by atoms with Gasteiger partial charge in [0.25, 0.3) is 5.91 Å². The monoisotopic (exact) mass is 345 g/mol. The van der Waals surface area contributed by atoms with Crippen molar-refractivity contribution in [2.24, 2.45) is 0 Å². The standard InChI is InChI=1S/C19H27N3O3/c1-3-21-11-6-7-15(21)13-20-18(23)10-12-22-16-8-4-5-9-17(16)25-14(2)19(22)24/h4-5,8-9,14-15H,3,6-7,10-13H2,1-2H3,(H,20,23)/t14-,15-/m1/s1. The van der Waals surface area contributed by atoms with Gasteiger partial charge in [0.1, 0.15) is 5.75 Å². The van der Waals surface area contributed by atoms with Crippen molar-refractivity contribution in [2.45, 2.75) is 45.3 Å². The fourth-order valence-electron chi connectivity index (χ4n) is 3.67. The number of carbonyl (C=O) groups excluding carboxylic acids is 2. The third-order valence-corrected chi connectivity index (χ3v) is 5.08. The second kappa shape index (κ2) is 7.87. The number of carbonyl (C=O) groups is 2. The van der Waals surface area contributed by atoms with Gasteiger partial charge in [0.2, 0.25) is 5.91 Å². The van der Waals surface area contributed by atoms with Gasteiger partial charge in [-0.05, 0) is 45.0 Å². The van der Waals surface area contributed by atoms with Gasteiger partial charge in [0.15, 0.2) is 6.10 Å². The third kappa shape index (κ3) is 3.95. The Labute approximate surface area is 149 Å². The van der Waals surface area contributed by atoms with E-state index in [9.17, 15) is 9.59 Å². The number of nitrogens with one attached hydrogen (secondary N) is 1. The molecule has 0 spiro atoms. The Morgan fingerprint density at radius 2 is 2.16 bits per heavy atom. The quantitative estimate of drug-likeness (QED) is 0.854. The van der Waals surface area contributed by atoms with Crippen molar-refractivity contribution >= 4 is 17.5 Å². The number of benzene rings is 1. The summed E-state index contributed by atoms with van der Waals surface area (Å²) in [5, 5.41) is 3.03. The van der Waals surface area contributed by atoms with Crippen molar-refractivity contribution in [3.05, 3.63) is 24.3 Å². The summed E-state index contributed by atoms with van der Waals surface area (Å²) in [5.74, 6) is 0.589. The normalized spacial score (nSPS) is 23.3. The average molecular weight is 345 g/mol. The van der Waals surface area contributed by atoms with E-state index in [1.807, 2.05) is 24.3 Å². The van der Waals surface area contributed by atoms with E-state index in [0.29, 0.717) is 31.3 Å². The second-order valence-corrected chi connectivity index (χ2v) is 6.70. The fourth-order valence-corrected chi connectivity index (χ4v) is 3.67. The van der Waals surface area contributed by atoms with Crippen LogP contribution in [0.4, 0.5) is 5.69 Å². The molecule has 6 nitrogen and oxygen atoms in total. The summed E-state index contributed by atoms with van der Waals surface area (Å²) in [6, 6.07) is 7.91. The van der Waals surface area contributed by atoms with Crippen LogP contribution in [0.3, 0.4) is 0 Å². The van der Waals surface area contributed by atoms with Crippen LogP contribution in [-0.4, -0.2) is 55.0 Å². The highest BCUT2D eigenvalue weighted by molar-refractivity contribution is 6.00. The molecule has 6 heteroatoms. The number of nitrogens with zero attached hydrogens (tertiary/aromatic N) is 2. The van der Waals surface area contributed by atoms with E-state index in [4.69, 9.17) is 4.74 Å². The van der Waals surface area contributed by atoms with Gasteiger partial charge in [0, 0.05) is 25.6 Å². The Kier molecular flexibility index (Phi) is 5.58. The van der Waals surface area contributed by atoms with E-state index in [1.54, 1.807) is 11.8 Å². The molecule has 0 aromatic heterocycles. The molecule has 1 fully saturated rings. The first-order valence-electron chi connectivity index (χ1n) is 9.18. The number of amides is 2. The molecule has 0 bridgehead atoms. The molecule has 2 amide bonds. The molecule has 0 aliphatic carbocycles. The number of hydrogen-bond acceptors (Lipinski definition) is 4. The number of likely N-dealkylation sites (N-methyl/N-ethyl adjacent to an activating group) is 1. The summed E-state index contributed by atoms with van der Waals surface area (Å²) in [6.07, 6.45) is 2.12. The lowest BCUT2D eigenvalue weighted by Gasteiger charge is -2.32. The van der Waals surface area contributed by atoms with E-state index < -0.39 is 6.10 Å². The molecule has 1 N–H and O–H groups in total. The van der Waals surface area contributed by atoms with Gasteiger partial charge in [-0.2, -0.15) is 0 Å². The summed E-state index contributed by atoms with van der Waals surface area (Å²) in [6.45, 7) is 7.10. The lowest BCUT2D eigenvalue weighted by molar-refractivity contribution is -0.125. The molecule has 1 aromatic carbocycles. The van der Waals surface area contributed by atoms with Gasteiger partial charge >= 0.3 is 0 Å². The predicted molar refractivity (Wildman–Crippen MR) is 96.8 cm³/mol. The van der Waals surface area contributed by atoms with Crippen molar-refractivity contribution < 1.29 is 14.3 Å². The first kappa shape index (κ1) is 17.7. The van der Waals surface area contributed by atoms with Crippen LogP contribution in [-0.2, 0) is 9.59 Å². The number of anilines is 1. The maximum absolute atomic E-state index is 12.4. The second-order valence-electron chi connectivity index (χ2n) is 6.70. The molecule has 2 atom stereocenters. The first-order valence-corrected chi connectivity index (χ1v) is 9.18. The van der Waals surface area contributed by atoms with Crippen molar-refractivity contribution in [3.8, 4) is 5.75 Å². The first-order chi connectivity index (χ1) is 12.1. The summed E-state index contributed by atoms with van der Waals surface area (Å²) in [7, 11) is 0. The summed E-state index contributed by atoms with van der Waals surface area (Å²) in [4.78, 5) is 28.7. The Hall–Kier alpha value is -2.08. The van der Waals surface area contributed by atoms with Crippen molar-refractivity contribution in [1.82, 2.24) is 10.2 Å². The molecule has 0 radical (unpaired) electrons. The predicted octanol–water partition coefficient (Wildman–Crippen LogP) is 1.79. The van der Waals surface area contributed by atoms with E-state index in [1.165, 1.54) is 6.42 Å². The summed E-state index contributed by atoms with van der Waals surface area (Å²) in [5.41, 5.74) is 0.742. The Balaban J connectivity index is 1.54. The van der Waals surface area contributed by atoms with Gasteiger partial charge in [-0.3, -0.25) is 14.5 Å². The summed E-state index contributed by atoms with van der Waals surface area (Å²) < 4.78 is 5.62. The third-order valence-electron chi connectivity index (χ3n) is 5.08. The van der Waals surface area contributed by atoms with Crippen LogP contribution >= 0.6 is 0 Å². The van der Waals surface area contributed by atoms with Crippen molar-refractivity contribution in [3.63, 3.8) is 0 Å². The zero-order valence-corrected chi connectivity index (χ0v) is 15.0. The Bertz CT molecular complexity index is 634. The van der Waals surface area contributed by atoms with Crippen LogP contribution in [0.5, 0.6) is 5.75 Å². The zero-order chi connectivity index (χ0) is 17.8. The van der Waals surface area contributed by atoms with Crippen LogP contribution in [0, 0.1) is 0 Å². The van der Waals surface area contributed by atoms with Crippen molar-refractivity contribution in [1.29, 1.82) is 0 Å². The topological polar surface area (TPSA) is 61.9 Å². The molecule has 2 heterocycles. The van der Waals surface area contributed by atoms with Gasteiger partial charge < -0.3 is 15.0 Å². The number of rotatable bonds is 6. The minimum absolute atomic E-state index is 0.00706. The molecule has 2 aliphatic rings. The molecule has 3 rings (SSSR count). The Morgan fingerprint density at radius 1 is 1.36 bits per heavy atom. The minimum atomic E-state index is -0.519. The summed E-state index contributed by atoms with van der Waals surface area (Å²) >= 11 is 0. The number of para-hydroxylation sites is 2. The fraction of sp³-hybridized carbons (Fsp3) is 0.579. The molecule has 136 valence electrons. The van der Waals surface area contributed by atoms with Gasteiger partial charge in [-0.15, -0.1) is 0 Å². The van der Waals surface area contributed by atoms with Gasteiger partial charge in [-0.1, -0.05) is 19.1 Å². The molecule has 1 saturated heterocycles. The number of fused-ring (bicyclic) bond motifs is 1. The van der Waals surface area contributed by atoms with Gasteiger partial charge in [0.05, 0.1) is 5.69 Å².